The van der Waals surface area contributed by atoms with Gasteiger partial charge in [0.15, 0.2) is 0 Å². The van der Waals surface area contributed by atoms with Gasteiger partial charge in [-0.25, -0.2) is 9.18 Å². The van der Waals surface area contributed by atoms with Gasteiger partial charge in [0.05, 0.1) is 13.7 Å². The number of hydrogen-bond acceptors (Lipinski definition) is 6. The number of hydrogen-bond donors (Lipinski definition) is 1. The average Bonchev–Trinajstić information content (AvgIpc) is 2.82. The molecule has 0 aliphatic rings. The topological polar surface area (TPSA) is 94.2 Å². The SMILES string of the molecule is COCCN(Cc1cccc(OS(=O)(=O)c2ccc(F)cc2)c1)C(=O)Nc1cccc(OC)c1. The molecule has 2 amide bonds. The molecule has 180 valence electrons. The molecule has 0 heterocycles. The lowest BCUT2D eigenvalue weighted by molar-refractivity contribution is 0.153. The van der Waals surface area contributed by atoms with E-state index in [9.17, 15) is 17.6 Å². The highest BCUT2D eigenvalue weighted by Crippen LogP contribution is 2.22. The molecule has 3 rings (SSSR count). The van der Waals surface area contributed by atoms with Crippen molar-refractivity contribution in [3.63, 3.8) is 0 Å². The van der Waals surface area contributed by atoms with E-state index in [1.165, 1.54) is 31.3 Å². The van der Waals surface area contributed by atoms with Crippen LogP contribution in [0, 0.1) is 5.82 Å². The van der Waals surface area contributed by atoms with Gasteiger partial charge >= 0.3 is 16.1 Å². The Kier molecular flexibility index (Phi) is 8.44. The molecule has 0 atom stereocenters. The van der Waals surface area contributed by atoms with Crippen molar-refractivity contribution in [2.75, 3.05) is 32.7 Å². The minimum Gasteiger partial charge on any atom is -0.497 e. The first-order chi connectivity index (χ1) is 16.3. The fourth-order valence-corrected chi connectivity index (χ4v) is 3.97. The highest BCUT2D eigenvalue weighted by Gasteiger charge is 2.18. The second-order valence-corrected chi connectivity index (χ2v) is 8.76. The van der Waals surface area contributed by atoms with Crippen LogP contribution < -0.4 is 14.2 Å². The summed E-state index contributed by atoms with van der Waals surface area (Å²) in [5, 5.41) is 2.82. The maximum Gasteiger partial charge on any atom is 0.339 e. The number of halogens is 1. The molecule has 0 aromatic heterocycles. The summed E-state index contributed by atoms with van der Waals surface area (Å²) in [7, 11) is -1.07. The third-order valence-corrected chi connectivity index (χ3v) is 6.02. The maximum absolute atomic E-state index is 13.1. The predicted octanol–water partition coefficient (Wildman–Crippen LogP) is 4.28. The van der Waals surface area contributed by atoms with Gasteiger partial charge in [0.1, 0.15) is 22.2 Å². The lowest BCUT2D eigenvalue weighted by atomic mass is 10.2. The van der Waals surface area contributed by atoms with Crippen molar-refractivity contribution in [2.45, 2.75) is 11.4 Å². The van der Waals surface area contributed by atoms with E-state index in [1.807, 2.05) is 0 Å². The molecule has 0 spiro atoms. The molecule has 0 radical (unpaired) electrons. The monoisotopic (exact) mass is 488 g/mol. The third-order valence-electron chi connectivity index (χ3n) is 4.75. The van der Waals surface area contributed by atoms with Crippen LogP contribution in [-0.4, -0.2) is 46.7 Å². The van der Waals surface area contributed by atoms with Crippen LogP contribution in [0.1, 0.15) is 5.56 Å². The van der Waals surface area contributed by atoms with E-state index in [4.69, 9.17) is 13.7 Å². The Balaban J connectivity index is 1.74. The third kappa shape index (κ3) is 6.93. The molecule has 0 aliphatic heterocycles. The molecule has 0 saturated carbocycles. The van der Waals surface area contributed by atoms with Crippen LogP contribution in [0.3, 0.4) is 0 Å². The Morgan fingerprint density at radius 2 is 1.68 bits per heavy atom. The minimum atomic E-state index is -4.14. The summed E-state index contributed by atoms with van der Waals surface area (Å²) in [5.74, 6) is 0.125. The van der Waals surface area contributed by atoms with Crippen LogP contribution in [0.15, 0.2) is 77.7 Å². The first kappa shape index (κ1) is 25.0. The minimum absolute atomic E-state index is 0.0710. The number of ether oxygens (including phenoxy) is 2. The smallest absolute Gasteiger partial charge is 0.339 e. The lowest BCUT2D eigenvalue weighted by Gasteiger charge is -2.23. The van der Waals surface area contributed by atoms with Crippen LogP contribution in [-0.2, 0) is 21.4 Å². The Morgan fingerprint density at radius 1 is 0.971 bits per heavy atom. The number of urea groups is 1. The van der Waals surface area contributed by atoms with Gasteiger partial charge in [0.2, 0.25) is 0 Å². The number of nitrogens with zero attached hydrogens (tertiary/aromatic N) is 1. The van der Waals surface area contributed by atoms with E-state index in [2.05, 4.69) is 5.32 Å². The number of carbonyl (C=O) groups excluding carboxylic acids is 1. The van der Waals surface area contributed by atoms with Crippen molar-refractivity contribution in [3.05, 3.63) is 84.2 Å². The molecule has 1 N–H and O–H groups in total. The summed E-state index contributed by atoms with van der Waals surface area (Å²) in [4.78, 5) is 14.3. The summed E-state index contributed by atoms with van der Waals surface area (Å²) >= 11 is 0. The Labute approximate surface area is 198 Å². The highest BCUT2D eigenvalue weighted by molar-refractivity contribution is 7.87. The Hall–Kier alpha value is -3.63. The Bertz CT molecular complexity index is 1220. The van der Waals surface area contributed by atoms with Crippen LogP contribution in [0.4, 0.5) is 14.9 Å². The molecule has 0 fully saturated rings. The zero-order valence-corrected chi connectivity index (χ0v) is 19.5. The number of benzene rings is 3. The molecule has 3 aromatic carbocycles. The van der Waals surface area contributed by atoms with Gasteiger partial charge in [-0.15, -0.1) is 0 Å². The number of rotatable bonds is 10. The predicted molar refractivity (Wildman–Crippen MR) is 125 cm³/mol. The van der Waals surface area contributed by atoms with Crippen molar-refractivity contribution >= 4 is 21.8 Å². The second-order valence-electron chi connectivity index (χ2n) is 7.22. The van der Waals surface area contributed by atoms with Crippen molar-refractivity contribution in [1.82, 2.24) is 4.90 Å². The van der Waals surface area contributed by atoms with Gasteiger partial charge in [-0.1, -0.05) is 18.2 Å². The van der Waals surface area contributed by atoms with Gasteiger partial charge in [-0.05, 0) is 54.1 Å². The maximum atomic E-state index is 13.1. The first-order valence-corrected chi connectivity index (χ1v) is 11.7. The highest BCUT2D eigenvalue weighted by atomic mass is 32.2. The van der Waals surface area contributed by atoms with Crippen molar-refractivity contribution in [3.8, 4) is 11.5 Å². The molecule has 34 heavy (non-hydrogen) atoms. The van der Waals surface area contributed by atoms with Crippen molar-refractivity contribution < 1.29 is 31.3 Å². The zero-order valence-electron chi connectivity index (χ0n) is 18.7. The quantitative estimate of drug-likeness (QED) is 0.428. The van der Waals surface area contributed by atoms with E-state index in [1.54, 1.807) is 36.4 Å². The fraction of sp³-hybridized carbons (Fsp3) is 0.208. The van der Waals surface area contributed by atoms with Crippen LogP contribution in [0.5, 0.6) is 11.5 Å². The zero-order chi connectivity index (χ0) is 24.6. The number of anilines is 1. The molecular formula is C24H25FN2O6S. The van der Waals surface area contributed by atoms with Crippen LogP contribution in [0.2, 0.25) is 0 Å². The molecule has 0 aliphatic carbocycles. The summed E-state index contributed by atoms with van der Waals surface area (Å²) < 4.78 is 53.6. The van der Waals surface area contributed by atoms with E-state index in [0.717, 1.165) is 24.3 Å². The fourth-order valence-electron chi connectivity index (χ4n) is 3.05. The first-order valence-electron chi connectivity index (χ1n) is 10.3. The van der Waals surface area contributed by atoms with Crippen molar-refractivity contribution in [2.24, 2.45) is 0 Å². The van der Waals surface area contributed by atoms with Gasteiger partial charge in [-0.3, -0.25) is 0 Å². The summed E-state index contributed by atoms with van der Waals surface area (Å²) in [6.07, 6.45) is 0. The molecule has 10 heteroatoms. The van der Waals surface area contributed by atoms with Gasteiger partial charge in [0, 0.05) is 32.0 Å². The summed E-state index contributed by atoms with van der Waals surface area (Å²) in [6.45, 7) is 0.777. The summed E-state index contributed by atoms with van der Waals surface area (Å²) in [6, 6.07) is 17.3. The van der Waals surface area contributed by atoms with Crippen molar-refractivity contribution in [1.29, 1.82) is 0 Å². The number of methoxy groups -OCH3 is 2. The van der Waals surface area contributed by atoms with E-state index < -0.39 is 15.9 Å². The summed E-state index contributed by atoms with van der Waals surface area (Å²) in [5.41, 5.74) is 1.21. The van der Waals surface area contributed by atoms with E-state index in [0.29, 0.717) is 30.2 Å². The normalized spacial score (nSPS) is 11.0. The largest absolute Gasteiger partial charge is 0.497 e. The average molecular weight is 489 g/mol. The molecule has 0 bridgehead atoms. The lowest BCUT2D eigenvalue weighted by Crippen LogP contribution is -2.36. The Morgan fingerprint density at radius 3 is 2.38 bits per heavy atom. The molecule has 3 aromatic rings. The number of amides is 2. The number of nitrogens with one attached hydrogen (secondary N) is 1. The van der Waals surface area contributed by atoms with E-state index >= 15 is 0 Å². The molecule has 0 saturated heterocycles. The van der Waals surface area contributed by atoms with Crippen LogP contribution >= 0.6 is 0 Å². The van der Waals surface area contributed by atoms with Gasteiger partial charge in [0.25, 0.3) is 0 Å². The molecule has 8 nitrogen and oxygen atoms in total. The second kappa shape index (κ2) is 11.5. The standard InChI is InChI=1S/C24H25FN2O6S/c1-31-14-13-27(24(28)26-20-6-4-7-21(16-20)32-2)17-18-5-3-8-22(15-18)33-34(29,30)23-11-9-19(25)10-12-23/h3-12,15-16H,13-14,17H2,1-2H3,(H,26,28). The van der Waals surface area contributed by atoms with Gasteiger partial charge in [-0.2, -0.15) is 8.42 Å². The number of carbonyl (C=O) groups is 1. The van der Waals surface area contributed by atoms with Crippen LogP contribution in [0.25, 0.3) is 0 Å². The molecule has 0 unspecified atom stereocenters. The van der Waals surface area contributed by atoms with Gasteiger partial charge < -0.3 is 23.9 Å². The molecular weight excluding hydrogens is 463 g/mol. The van der Waals surface area contributed by atoms with E-state index in [-0.39, 0.29) is 23.2 Å².